The van der Waals surface area contributed by atoms with Gasteiger partial charge in [0.05, 0.1) is 13.0 Å². The van der Waals surface area contributed by atoms with Crippen LogP contribution in [0.5, 0.6) is 5.75 Å². The maximum atomic E-state index is 12.4. The maximum Gasteiger partial charge on any atom is 0.225 e. The Hall–Kier alpha value is -2.82. The van der Waals surface area contributed by atoms with Crippen molar-refractivity contribution in [3.8, 4) is 5.75 Å². The zero-order chi connectivity index (χ0) is 17.6. The fourth-order valence-electron chi connectivity index (χ4n) is 3.02. The Morgan fingerprint density at radius 3 is 2.68 bits per heavy atom. The van der Waals surface area contributed by atoms with Crippen molar-refractivity contribution in [3.05, 3.63) is 65.7 Å². The first-order valence-electron chi connectivity index (χ1n) is 8.38. The Kier molecular flexibility index (Phi) is 5.33. The smallest absolute Gasteiger partial charge is 0.225 e. The van der Waals surface area contributed by atoms with Crippen LogP contribution in [-0.4, -0.2) is 30.4 Å². The van der Waals surface area contributed by atoms with E-state index in [9.17, 15) is 9.59 Å². The van der Waals surface area contributed by atoms with E-state index in [0.717, 1.165) is 16.9 Å². The molecule has 25 heavy (non-hydrogen) atoms. The van der Waals surface area contributed by atoms with Crippen molar-refractivity contribution in [2.24, 2.45) is 5.92 Å². The molecule has 0 saturated carbocycles. The minimum absolute atomic E-state index is 0.0328. The second-order valence-electron chi connectivity index (χ2n) is 6.23. The van der Waals surface area contributed by atoms with Crippen LogP contribution >= 0.6 is 0 Å². The van der Waals surface area contributed by atoms with Crippen molar-refractivity contribution < 1.29 is 14.3 Å². The molecule has 1 aliphatic rings. The van der Waals surface area contributed by atoms with Crippen LogP contribution in [0.1, 0.15) is 17.5 Å². The number of hydrogen-bond acceptors (Lipinski definition) is 3. The lowest BCUT2D eigenvalue weighted by atomic mass is 10.1. The van der Waals surface area contributed by atoms with E-state index in [1.165, 1.54) is 0 Å². The molecule has 1 N–H and O–H groups in total. The number of likely N-dealkylation sites (tertiary alicyclic amines) is 1. The summed E-state index contributed by atoms with van der Waals surface area (Å²) in [6.07, 6.45) is 0.275. The summed E-state index contributed by atoms with van der Waals surface area (Å²) in [4.78, 5) is 26.3. The fraction of sp³-hybridized carbons (Fsp3) is 0.300. The molecule has 0 radical (unpaired) electrons. The van der Waals surface area contributed by atoms with Gasteiger partial charge in [-0.1, -0.05) is 42.5 Å². The predicted molar refractivity (Wildman–Crippen MR) is 94.8 cm³/mol. The van der Waals surface area contributed by atoms with Crippen molar-refractivity contribution in [2.75, 3.05) is 13.7 Å². The van der Waals surface area contributed by atoms with Gasteiger partial charge in [-0.2, -0.15) is 0 Å². The molecule has 0 bridgehead atoms. The highest BCUT2D eigenvalue weighted by atomic mass is 16.5. The number of nitrogens with zero attached hydrogens (tertiary/aromatic N) is 1. The van der Waals surface area contributed by atoms with Crippen LogP contribution in [-0.2, 0) is 22.7 Å². The fourth-order valence-corrected chi connectivity index (χ4v) is 3.02. The normalized spacial score (nSPS) is 16.8. The van der Waals surface area contributed by atoms with Crippen molar-refractivity contribution in [1.82, 2.24) is 10.2 Å². The Morgan fingerprint density at radius 2 is 1.92 bits per heavy atom. The average molecular weight is 338 g/mol. The summed E-state index contributed by atoms with van der Waals surface area (Å²) >= 11 is 0. The average Bonchev–Trinajstić information content (AvgIpc) is 3.01. The lowest BCUT2D eigenvalue weighted by Crippen LogP contribution is -2.32. The number of hydrogen-bond donors (Lipinski definition) is 1. The van der Waals surface area contributed by atoms with E-state index >= 15 is 0 Å². The van der Waals surface area contributed by atoms with Crippen molar-refractivity contribution >= 4 is 11.8 Å². The van der Waals surface area contributed by atoms with E-state index in [1.807, 2.05) is 54.6 Å². The van der Waals surface area contributed by atoms with Gasteiger partial charge in [0.2, 0.25) is 11.8 Å². The molecule has 0 unspecified atom stereocenters. The number of methoxy groups -OCH3 is 1. The van der Waals surface area contributed by atoms with E-state index in [2.05, 4.69) is 5.32 Å². The van der Waals surface area contributed by atoms with Gasteiger partial charge in [-0.25, -0.2) is 0 Å². The molecule has 0 spiro atoms. The molecule has 1 heterocycles. The number of carbonyl (C=O) groups excluding carboxylic acids is 2. The Morgan fingerprint density at radius 1 is 1.16 bits per heavy atom. The summed E-state index contributed by atoms with van der Waals surface area (Å²) in [7, 11) is 1.61. The van der Waals surface area contributed by atoms with Gasteiger partial charge < -0.3 is 15.0 Å². The molecular weight excluding hydrogens is 316 g/mol. The van der Waals surface area contributed by atoms with Crippen LogP contribution in [0.4, 0.5) is 0 Å². The molecule has 0 aliphatic carbocycles. The number of rotatable bonds is 6. The molecule has 1 fully saturated rings. The summed E-state index contributed by atoms with van der Waals surface area (Å²) < 4.78 is 5.18. The van der Waals surface area contributed by atoms with Gasteiger partial charge >= 0.3 is 0 Å². The Bertz CT molecular complexity index is 746. The molecule has 1 atom stereocenters. The van der Waals surface area contributed by atoms with Gasteiger partial charge in [-0.15, -0.1) is 0 Å². The summed E-state index contributed by atoms with van der Waals surface area (Å²) in [5.74, 6) is 0.427. The first kappa shape index (κ1) is 17.0. The zero-order valence-corrected chi connectivity index (χ0v) is 14.3. The first-order chi connectivity index (χ1) is 12.2. The second-order valence-corrected chi connectivity index (χ2v) is 6.23. The molecule has 1 aliphatic heterocycles. The van der Waals surface area contributed by atoms with Crippen LogP contribution in [0, 0.1) is 5.92 Å². The van der Waals surface area contributed by atoms with Crippen molar-refractivity contribution in [2.45, 2.75) is 19.5 Å². The van der Waals surface area contributed by atoms with Gasteiger partial charge in [0.25, 0.3) is 0 Å². The summed E-state index contributed by atoms with van der Waals surface area (Å²) in [6, 6.07) is 17.4. The van der Waals surface area contributed by atoms with Crippen molar-refractivity contribution in [3.63, 3.8) is 0 Å². The van der Waals surface area contributed by atoms with Gasteiger partial charge in [-0.3, -0.25) is 9.59 Å². The number of amides is 2. The van der Waals surface area contributed by atoms with E-state index < -0.39 is 0 Å². The maximum absolute atomic E-state index is 12.4. The quantitative estimate of drug-likeness (QED) is 0.880. The molecule has 1 saturated heterocycles. The third-order valence-electron chi connectivity index (χ3n) is 4.40. The molecule has 2 aromatic carbocycles. The third-order valence-corrected chi connectivity index (χ3v) is 4.40. The molecule has 130 valence electrons. The van der Waals surface area contributed by atoms with Crippen LogP contribution in [0.25, 0.3) is 0 Å². The standard InChI is InChI=1S/C20H22N2O3/c1-25-18-9-5-8-16(10-18)12-21-20(24)17-11-19(23)22(14-17)13-15-6-3-2-4-7-15/h2-10,17H,11-14H2,1H3,(H,21,24)/t17-/m0/s1. The Labute approximate surface area is 147 Å². The first-order valence-corrected chi connectivity index (χ1v) is 8.38. The number of ether oxygens (including phenoxy) is 1. The van der Waals surface area contributed by atoms with E-state index in [4.69, 9.17) is 4.74 Å². The van der Waals surface area contributed by atoms with Crippen LogP contribution in [0.3, 0.4) is 0 Å². The summed E-state index contributed by atoms with van der Waals surface area (Å²) in [5.41, 5.74) is 2.05. The molecule has 0 aromatic heterocycles. The Balaban J connectivity index is 1.53. The van der Waals surface area contributed by atoms with E-state index in [1.54, 1.807) is 12.0 Å². The minimum Gasteiger partial charge on any atom is -0.497 e. The lowest BCUT2D eigenvalue weighted by Gasteiger charge is -2.16. The number of benzene rings is 2. The van der Waals surface area contributed by atoms with Crippen molar-refractivity contribution in [1.29, 1.82) is 0 Å². The molecular formula is C20H22N2O3. The van der Waals surface area contributed by atoms with E-state index in [-0.39, 0.29) is 24.2 Å². The summed E-state index contributed by atoms with van der Waals surface area (Å²) in [5, 5.41) is 2.92. The van der Waals surface area contributed by atoms with Crippen LogP contribution in [0.15, 0.2) is 54.6 Å². The second kappa shape index (κ2) is 7.83. The van der Waals surface area contributed by atoms with Crippen LogP contribution in [0.2, 0.25) is 0 Å². The van der Waals surface area contributed by atoms with Gasteiger partial charge in [0.15, 0.2) is 0 Å². The topological polar surface area (TPSA) is 58.6 Å². The minimum atomic E-state index is -0.290. The molecule has 2 aromatic rings. The van der Waals surface area contributed by atoms with Gasteiger partial charge in [0, 0.05) is 26.1 Å². The lowest BCUT2D eigenvalue weighted by molar-refractivity contribution is -0.129. The number of carbonyl (C=O) groups is 2. The molecule has 2 amide bonds. The highest BCUT2D eigenvalue weighted by Gasteiger charge is 2.34. The van der Waals surface area contributed by atoms with Crippen LogP contribution < -0.4 is 10.1 Å². The molecule has 3 rings (SSSR count). The van der Waals surface area contributed by atoms with Gasteiger partial charge in [-0.05, 0) is 23.3 Å². The molecule has 5 nitrogen and oxygen atoms in total. The number of nitrogens with one attached hydrogen (secondary N) is 1. The highest BCUT2D eigenvalue weighted by molar-refractivity contribution is 5.89. The zero-order valence-electron chi connectivity index (χ0n) is 14.3. The summed E-state index contributed by atoms with van der Waals surface area (Å²) in [6.45, 7) is 1.45. The monoisotopic (exact) mass is 338 g/mol. The largest absolute Gasteiger partial charge is 0.497 e. The highest BCUT2D eigenvalue weighted by Crippen LogP contribution is 2.20. The van der Waals surface area contributed by atoms with E-state index in [0.29, 0.717) is 19.6 Å². The predicted octanol–water partition coefficient (Wildman–Crippen LogP) is 2.36. The van der Waals surface area contributed by atoms with Gasteiger partial charge in [0.1, 0.15) is 5.75 Å². The third kappa shape index (κ3) is 4.38. The SMILES string of the molecule is COc1cccc(CNC(=O)[C@H]2CC(=O)N(Cc3ccccc3)C2)c1. The molecule has 5 heteroatoms.